The number of hydrogen-bond donors (Lipinski definition) is 1. The van der Waals surface area contributed by atoms with Gasteiger partial charge in [-0.1, -0.05) is 22.0 Å². The highest BCUT2D eigenvalue weighted by atomic mass is 79.9. The molecule has 1 fully saturated rings. The molecule has 92 valence electrons. The topological polar surface area (TPSA) is 38.3 Å². The molecule has 6 heteroatoms. The number of carbonyl (C=O) groups excluding carboxylic acids is 1. The van der Waals surface area contributed by atoms with Crippen molar-refractivity contribution >= 4 is 22.0 Å². The Hall–Kier alpha value is -1.17. The predicted molar refractivity (Wildman–Crippen MR) is 61.1 cm³/mol. The minimum absolute atomic E-state index is 0.390. The van der Waals surface area contributed by atoms with Crippen LogP contribution >= 0.6 is 15.9 Å². The van der Waals surface area contributed by atoms with E-state index >= 15 is 0 Å². The van der Waals surface area contributed by atoms with Gasteiger partial charge in [0.1, 0.15) is 6.04 Å². The Labute approximate surface area is 105 Å². The number of alkyl halides is 2. The number of aryl methyl sites for hydroxylation is 1. The van der Waals surface area contributed by atoms with Crippen LogP contribution in [0.3, 0.4) is 0 Å². The van der Waals surface area contributed by atoms with Crippen molar-refractivity contribution in [2.45, 2.75) is 18.9 Å². The van der Waals surface area contributed by atoms with Crippen LogP contribution in [0.5, 0.6) is 0 Å². The number of nitrogens with one attached hydrogen (secondary N) is 1. The molecule has 1 aromatic rings. The maximum atomic E-state index is 13.7. The van der Waals surface area contributed by atoms with Gasteiger partial charge in [0.15, 0.2) is 6.61 Å². The summed E-state index contributed by atoms with van der Waals surface area (Å²) in [5, 5.41) is 2.16. The van der Waals surface area contributed by atoms with E-state index in [-0.39, 0.29) is 0 Å². The van der Waals surface area contributed by atoms with E-state index in [1.807, 2.05) is 0 Å². The van der Waals surface area contributed by atoms with Gasteiger partial charge in [-0.15, -0.1) is 0 Å². The highest BCUT2D eigenvalue weighted by Crippen LogP contribution is 2.36. The lowest BCUT2D eigenvalue weighted by Crippen LogP contribution is -2.49. The summed E-state index contributed by atoms with van der Waals surface area (Å²) in [4.78, 5) is 11.1. The van der Waals surface area contributed by atoms with Gasteiger partial charge < -0.3 is 10.1 Å². The van der Waals surface area contributed by atoms with E-state index in [1.165, 1.54) is 0 Å². The molecule has 1 amide bonds. The molecule has 1 aliphatic rings. The van der Waals surface area contributed by atoms with Gasteiger partial charge in [0.25, 0.3) is 0 Å². The summed E-state index contributed by atoms with van der Waals surface area (Å²) >= 11 is 3.23. The first-order valence-corrected chi connectivity index (χ1v) is 5.76. The third-order valence-corrected chi connectivity index (χ3v) is 3.13. The SMILES string of the molecule is Cc1ccc(Br)cc1[C@H]1NC(=O)OCC1(F)F. The zero-order valence-electron chi connectivity index (χ0n) is 8.97. The smallest absolute Gasteiger partial charge is 0.408 e. The lowest BCUT2D eigenvalue weighted by molar-refractivity contribution is -0.104. The van der Waals surface area contributed by atoms with Crippen LogP contribution in [0.1, 0.15) is 17.2 Å². The van der Waals surface area contributed by atoms with Gasteiger partial charge in [-0.05, 0) is 30.2 Å². The van der Waals surface area contributed by atoms with Crippen LogP contribution in [-0.4, -0.2) is 18.6 Å². The highest BCUT2D eigenvalue weighted by Gasteiger charge is 2.47. The number of rotatable bonds is 1. The fourth-order valence-corrected chi connectivity index (χ4v) is 2.12. The van der Waals surface area contributed by atoms with Gasteiger partial charge in [-0.2, -0.15) is 0 Å². The van der Waals surface area contributed by atoms with Crippen LogP contribution in [0.4, 0.5) is 13.6 Å². The second-order valence-corrected chi connectivity index (χ2v) is 4.83. The monoisotopic (exact) mass is 305 g/mol. The van der Waals surface area contributed by atoms with Gasteiger partial charge in [0, 0.05) is 4.47 Å². The summed E-state index contributed by atoms with van der Waals surface area (Å²) < 4.78 is 32.4. The van der Waals surface area contributed by atoms with E-state index in [0.717, 1.165) is 0 Å². The highest BCUT2D eigenvalue weighted by molar-refractivity contribution is 9.10. The van der Waals surface area contributed by atoms with Gasteiger partial charge >= 0.3 is 12.0 Å². The summed E-state index contributed by atoms with van der Waals surface area (Å²) in [6.07, 6.45) is -0.819. The fraction of sp³-hybridized carbons (Fsp3) is 0.364. The number of alkyl carbamates (subject to hydrolysis) is 1. The van der Waals surface area contributed by atoms with E-state index in [9.17, 15) is 13.6 Å². The molecule has 0 aromatic heterocycles. The van der Waals surface area contributed by atoms with Crippen LogP contribution in [0.2, 0.25) is 0 Å². The van der Waals surface area contributed by atoms with Crippen LogP contribution in [-0.2, 0) is 4.74 Å². The molecule has 1 heterocycles. The van der Waals surface area contributed by atoms with Crippen LogP contribution < -0.4 is 5.32 Å². The minimum Gasteiger partial charge on any atom is -0.443 e. The van der Waals surface area contributed by atoms with Gasteiger partial charge in [-0.3, -0.25) is 0 Å². The third kappa shape index (κ3) is 2.41. The Bertz CT molecular complexity index is 465. The number of ether oxygens (including phenoxy) is 1. The Balaban J connectivity index is 2.42. The van der Waals surface area contributed by atoms with Crippen molar-refractivity contribution in [2.75, 3.05) is 6.61 Å². The molecular weight excluding hydrogens is 296 g/mol. The number of amides is 1. The Kier molecular flexibility index (Phi) is 3.07. The van der Waals surface area contributed by atoms with Crippen molar-refractivity contribution in [3.8, 4) is 0 Å². The Morgan fingerprint density at radius 1 is 1.53 bits per heavy atom. The molecule has 0 bridgehead atoms. The molecule has 0 aliphatic carbocycles. The largest absolute Gasteiger partial charge is 0.443 e. The average molecular weight is 306 g/mol. The van der Waals surface area contributed by atoms with Crippen molar-refractivity contribution in [1.82, 2.24) is 5.32 Å². The Morgan fingerprint density at radius 2 is 2.24 bits per heavy atom. The van der Waals surface area contributed by atoms with Crippen molar-refractivity contribution in [3.05, 3.63) is 33.8 Å². The second kappa shape index (κ2) is 4.25. The summed E-state index contributed by atoms with van der Waals surface area (Å²) in [5.41, 5.74) is 1.08. The summed E-state index contributed by atoms with van der Waals surface area (Å²) in [6.45, 7) is 0.828. The molecular formula is C11H10BrF2NO2. The first-order chi connectivity index (χ1) is 7.90. The zero-order chi connectivity index (χ0) is 12.6. The van der Waals surface area contributed by atoms with E-state index < -0.39 is 24.7 Å². The molecule has 1 N–H and O–H groups in total. The molecule has 1 atom stereocenters. The van der Waals surface area contributed by atoms with Crippen LogP contribution in [0.15, 0.2) is 22.7 Å². The normalized spacial score (nSPS) is 22.8. The molecule has 3 nitrogen and oxygen atoms in total. The zero-order valence-corrected chi connectivity index (χ0v) is 10.6. The molecule has 0 unspecified atom stereocenters. The van der Waals surface area contributed by atoms with Crippen molar-refractivity contribution < 1.29 is 18.3 Å². The molecule has 2 rings (SSSR count). The maximum absolute atomic E-state index is 13.7. The Morgan fingerprint density at radius 3 is 2.94 bits per heavy atom. The summed E-state index contributed by atoms with van der Waals surface area (Å²) in [5.74, 6) is -3.11. The van der Waals surface area contributed by atoms with Gasteiger partial charge in [-0.25, -0.2) is 13.6 Å². The van der Waals surface area contributed by atoms with Crippen molar-refractivity contribution in [2.24, 2.45) is 0 Å². The van der Waals surface area contributed by atoms with E-state index in [0.29, 0.717) is 15.6 Å². The van der Waals surface area contributed by atoms with Gasteiger partial charge in [0.05, 0.1) is 0 Å². The molecule has 1 saturated heterocycles. The van der Waals surface area contributed by atoms with Crippen LogP contribution in [0, 0.1) is 6.92 Å². The quantitative estimate of drug-likeness (QED) is 0.865. The third-order valence-electron chi connectivity index (χ3n) is 2.63. The van der Waals surface area contributed by atoms with Crippen molar-refractivity contribution in [3.63, 3.8) is 0 Å². The maximum Gasteiger partial charge on any atom is 0.408 e. The first kappa shape index (κ1) is 12.3. The number of hydrogen-bond acceptors (Lipinski definition) is 2. The number of halogens is 3. The first-order valence-electron chi connectivity index (χ1n) is 4.97. The summed E-state index contributed by atoms with van der Waals surface area (Å²) in [6, 6.07) is 3.72. The van der Waals surface area contributed by atoms with E-state index in [2.05, 4.69) is 26.0 Å². The molecule has 1 aromatic carbocycles. The van der Waals surface area contributed by atoms with Crippen LogP contribution in [0.25, 0.3) is 0 Å². The number of carbonyl (C=O) groups is 1. The molecule has 0 spiro atoms. The number of cyclic esters (lactones) is 1. The van der Waals surface area contributed by atoms with E-state index in [4.69, 9.17) is 0 Å². The standard InChI is InChI=1S/C11H10BrF2NO2/c1-6-2-3-7(12)4-8(6)9-11(13,14)5-17-10(16)15-9/h2-4,9H,5H2,1H3,(H,15,16)/t9-/m1/s1. The average Bonchev–Trinajstić information content (AvgIpc) is 2.26. The lowest BCUT2D eigenvalue weighted by atomic mass is 9.96. The molecule has 0 saturated carbocycles. The summed E-state index contributed by atoms with van der Waals surface area (Å²) in [7, 11) is 0. The predicted octanol–water partition coefficient (Wildman–Crippen LogP) is 3.17. The van der Waals surface area contributed by atoms with Gasteiger partial charge in [0.2, 0.25) is 0 Å². The van der Waals surface area contributed by atoms with E-state index in [1.54, 1.807) is 25.1 Å². The van der Waals surface area contributed by atoms with Crippen molar-refractivity contribution in [1.29, 1.82) is 0 Å². The second-order valence-electron chi connectivity index (χ2n) is 3.92. The fourth-order valence-electron chi connectivity index (χ4n) is 1.74. The number of benzene rings is 1. The lowest BCUT2D eigenvalue weighted by Gasteiger charge is -2.32. The molecule has 17 heavy (non-hydrogen) atoms. The molecule has 1 aliphatic heterocycles. The minimum atomic E-state index is -3.11. The molecule has 0 radical (unpaired) electrons.